The van der Waals surface area contributed by atoms with Crippen LogP contribution in [-0.4, -0.2) is 40.0 Å². The number of nitrogens with one attached hydrogen (secondary N) is 1. The van der Waals surface area contributed by atoms with Crippen LogP contribution in [0.15, 0.2) is 23.1 Å². The second-order valence-electron chi connectivity index (χ2n) is 4.50. The number of sulfonamides is 1. The zero-order chi connectivity index (χ0) is 13.9. The lowest BCUT2D eigenvalue weighted by atomic mass is 10.3. The van der Waals surface area contributed by atoms with Crippen LogP contribution in [0.25, 0.3) is 0 Å². The van der Waals surface area contributed by atoms with Gasteiger partial charge in [-0.1, -0.05) is 0 Å². The van der Waals surface area contributed by atoms with Gasteiger partial charge in [-0.3, -0.25) is 0 Å². The number of rotatable bonds is 5. The molecule has 5 nitrogen and oxygen atoms in total. The predicted octanol–water partition coefficient (Wildman–Crippen LogP) is 0.636. The van der Waals surface area contributed by atoms with E-state index >= 15 is 0 Å². The number of nitrogen functional groups attached to an aromatic ring is 1. The van der Waals surface area contributed by atoms with Crippen molar-refractivity contribution in [2.45, 2.75) is 17.9 Å². The van der Waals surface area contributed by atoms with Gasteiger partial charge in [-0.05, 0) is 39.2 Å². The number of benzene rings is 1. The summed E-state index contributed by atoms with van der Waals surface area (Å²) < 4.78 is 39.5. The van der Waals surface area contributed by atoms with E-state index in [-0.39, 0.29) is 16.6 Å². The molecule has 1 atom stereocenters. The summed E-state index contributed by atoms with van der Waals surface area (Å²) in [5, 5.41) is 0. The largest absolute Gasteiger partial charge is 0.399 e. The lowest BCUT2D eigenvalue weighted by molar-refractivity contribution is 0.370. The van der Waals surface area contributed by atoms with Gasteiger partial charge in [0.2, 0.25) is 10.0 Å². The zero-order valence-electron chi connectivity index (χ0n) is 10.6. The van der Waals surface area contributed by atoms with Crippen molar-refractivity contribution < 1.29 is 12.8 Å². The molecule has 7 heteroatoms. The highest BCUT2D eigenvalue weighted by Crippen LogP contribution is 2.16. The Morgan fingerprint density at radius 2 is 2.00 bits per heavy atom. The molecule has 0 fully saturated rings. The van der Waals surface area contributed by atoms with Gasteiger partial charge in [0.15, 0.2) is 0 Å². The summed E-state index contributed by atoms with van der Waals surface area (Å²) in [5.74, 6) is -0.671. The van der Waals surface area contributed by atoms with Crippen LogP contribution in [0.3, 0.4) is 0 Å². The molecule has 0 saturated carbocycles. The van der Waals surface area contributed by atoms with Crippen LogP contribution in [0.4, 0.5) is 10.1 Å². The highest BCUT2D eigenvalue weighted by Gasteiger charge is 2.18. The molecular weight excluding hydrogens is 257 g/mol. The molecule has 0 aliphatic rings. The zero-order valence-corrected chi connectivity index (χ0v) is 11.5. The minimum Gasteiger partial charge on any atom is -0.399 e. The van der Waals surface area contributed by atoms with E-state index in [2.05, 4.69) is 4.72 Å². The molecule has 0 aliphatic heterocycles. The van der Waals surface area contributed by atoms with E-state index in [1.54, 1.807) is 6.92 Å². The quantitative estimate of drug-likeness (QED) is 0.773. The number of nitrogens with two attached hydrogens (primary N) is 1. The molecule has 0 aromatic heterocycles. The third-order valence-corrected chi connectivity index (χ3v) is 3.77. The van der Waals surface area contributed by atoms with Gasteiger partial charge in [0.05, 0.1) is 4.90 Å². The van der Waals surface area contributed by atoms with E-state index < -0.39 is 15.8 Å². The Bertz CT molecular complexity index is 497. The summed E-state index contributed by atoms with van der Waals surface area (Å²) in [6.07, 6.45) is 0. The minimum atomic E-state index is -3.75. The first-order chi connectivity index (χ1) is 8.20. The number of likely N-dealkylation sites (N-methyl/N-ethyl adjacent to an activating group) is 1. The van der Waals surface area contributed by atoms with Crippen molar-refractivity contribution in [3.8, 4) is 0 Å². The molecule has 0 heterocycles. The van der Waals surface area contributed by atoms with Gasteiger partial charge in [0, 0.05) is 18.3 Å². The third kappa shape index (κ3) is 4.25. The molecule has 0 saturated heterocycles. The number of hydrogen-bond acceptors (Lipinski definition) is 4. The summed E-state index contributed by atoms with van der Waals surface area (Å²) in [4.78, 5) is 1.69. The van der Waals surface area contributed by atoms with Crippen LogP contribution in [0.5, 0.6) is 0 Å². The van der Waals surface area contributed by atoms with Crippen molar-refractivity contribution in [3.63, 3.8) is 0 Å². The average molecular weight is 275 g/mol. The highest BCUT2D eigenvalue weighted by atomic mass is 32.2. The maximum Gasteiger partial charge on any atom is 0.241 e. The Morgan fingerprint density at radius 3 is 2.50 bits per heavy atom. The Kier molecular flexibility index (Phi) is 4.66. The molecule has 3 N–H and O–H groups in total. The molecule has 0 radical (unpaired) electrons. The van der Waals surface area contributed by atoms with Crippen molar-refractivity contribution in [3.05, 3.63) is 24.0 Å². The van der Waals surface area contributed by atoms with E-state index in [1.165, 1.54) is 6.07 Å². The maximum atomic E-state index is 13.1. The van der Waals surface area contributed by atoms with Crippen LogP contribution in [0.2, 0.25) is 0 Å². The Hall–Kier alpha value is -1.18. The second kappa shape index (κ2) is 5.64. The van der Waals surface area contributed by atoms with Crippen molar-refractivity contribution in [1.29, 1.82) is 0 Å². The van der Waals surface area contributed by atoms with E-state index in [1.807, 2.05) is 19.0 Å². The Balaban J connectivity index is 2.92. The van der Waals surface area contributed by atoms with Crippen molar-refractivity contribution in [2.24, 2.45) is 0 Å². The molecule has 1 aromatic carbocycles. The van der Waals surface area contributed by atoms with Crippen LogP contribution in [-0.2, 0) is 10.0 Å². The van der Waals surface area contributed by atoms with E-state index in [0.29, 0.717) is 6.54 Å². The fraction of sp³-hybridized carbons (Fsp3) is 0.455. The van der Waals surface area contributed by atoms with Gasteiger partial charge in [0.25, 0.3) is 0 Å². The third-order valence-electron chi connectivity index (χ3n) is 2.20. The molecule has 18 heavy (non-hydrogen) atoms. The second-order valence-corrected chi connectivity index (χ2v) is 6.22. The lowest BCUT2D eigenvalue weighted by Crippen LogP contribution is -2.39. The lowest BCUT2D eigenvalue weighted by Gasteiger charge is -2.18. The first kappa shape index (κ1) is 14.9. The molecule has 0 amide bonds. The molecule has 1 aromatic rings. The number of anilines is 1. The fourth-order valence-electron chi connectivity index (χ4n) is 1.66. The Labute approximate surface area is 107 Å². The highest BCUT2D eigenvalue weighted by molar-refractivity contribution is 7.89. The normalized spacial score (nSPS) is 13.8. The van der Waals surface area contributed by atoms with Crippen LogP contribution in [0, 0.1) is 5.82 Å². The number of halogens is 1. The molecular formula is C11H18FN3O2S. The summed E-state index contributed by atoms with van der Waals surface area (Å²) >= 11 is 0. The number of hydrogen-bond donors (Lipinski definition) is 2. The van der Waals surface area contributed by atoms with Crippen molar-refractivity contribution >= 4 is 15.7 Å². The van der Waals surface area contributed by atoms with Gasteiger partial charge in [-0.2, -0.15) is 0 Å². The first-order valence-electron chi connectivity index (χ1n) is 5.44. The molecule has 0 spiro atoms. The summed E-state index contributed by atoms with van der Waals surface area (Å²) in [6.45, 7) is 2.28. The van der Waals surface area contributed by atoms with Crippen molar-refractivity contribution in [2.75, 3.05) is 26.4 Å². The van der Waals surface area contributed by atoms with Gasteiger partial charge < -0.3 is 10.6 Å². The molecule has 0 bridgehead atoms. The van der Waals surface area contributed by atoms with Gasteiger partial charge in [-0.15, -0.1) is 0 Å². The summed E-state index contributed by atoms with van der Waals surface area (Å²) in [5.41, 5.74) is 5.51. The average Bonchev–Trinajstić information content (AvgIpc) is 2.13. The van der Waals surface area contributed by atoms with Gasteiger partial charge >= 0.3 is 0 Å². The monoisotopic (exact) mass is 275 g/mol. The molecule has 1 unspecified atom stereocenters. The topological polar surface area (TPSA) is 75.4 Å². The van der Waals surface area contributed by atoms with E-state index in [0.717, 1.165) is 12.1 Å². The van der Waals surface area contributed by atoms with E-state index in [9.17, 15) is 12.8 Å². The van der Waals surface area contributed by atoms with Gasteiger partial charge in [0.1, 0.15) is 5.82 Å². The van der Waals surface area contributed by atoms with Crippen LogP contribution >= 0.6 is 0 Å². The Morgan fingerprint density at radius 1 is 1.39 bits per heavy atom. The minimum absolute atomic E-state index is 0.0793. The maximum absolute atomic E-state index is 13.1. The summed E-state index contributed by atoms with van der Waals surface area (Å²) in [7, 11) is -0.0703. The smallest absolute Gasteiger partial charge is 0.241 e. The predicted molar refractivity (Wildman–Crippen MR) is 69.1 cm³/mol. The van der Waals surface area contributed by atoms with Gasteiger partial charge in [-0.25, -0.2) is 17.5 Å². The fourth-order valence-corrected chi connectivity index (χ4v) is 2.96. The van der Waals surface area contributed by atoms with Crippen molar-refractivity contribution in [1.82, 2.24) is 9.62 Å². The molecule has 1 rings (SSSR count). The number of nitrogens with zero attached hydrogens (tertiary/aromatic N) is 1. The summed E-state index contributed by atoms with van der Waals surface area (Å²) in [6, 6.07) is 2.96. The molecule has 0 aliphatic carbocycles. The van der Waals surface area contributed by atoms with Crippen LogP contribution < -0.4 is 10.5 Å². The first-order valence-corrected chi connectivity index (χ1v) is 6.92. The standard InChI is InChI=1S/C11H18FN3O2S/c1-8(7-15(2)3)14-18(16,17)11-5-9(12)4-10(13)6-11/h4-6,8,14H,7,13H2,1-3H3. The van der Waals surface area contributed by atoms with E-state index in [4.69, 9.17) is 5.73 Å². The SMILES string of the molecule is CC(CN(C)C)NS(=O)(=O)c1cc(N)cc(F)c1. The van der Waals surface area contributed by atoms with Crippen LogP contribution in [0.1, 0.15) is 6.92 Å². The molecule has 102 valence electrons.